The highest BCUT2D eigenvalue weighted by molar-refractivity contribution is 6.31. The molecule has 3 aromatic rings. The number of fused-ring (bicyclic) bond motifs is 1. The predicted molar refractivity (Wildman–Crippen MR) is 72.9 cm³/mol. The lowest BCUT2D eigenvalue weighted by atomic mass is 10.0. The fraction of sp³-hybridized carbons (Fsp3) is 0. The Kier molecular flexibility index (Phi) is 2.84. The summed E-state index contributed by atoms with van der Waals surface area (Å²) in [6.07, 6.45) is 0. The second-order valence-corrected chi connectivity index (χ2v) is 4.56. The second kappa shape index (κ2) is 4.52. The zero-order valence-electron chi connectivity index (χ0n) is 9.69. The summed E-state index contributed by atoms with van der Waals surface area (Å²) in [6.45, 7) is 0. The van der Waals surface area contributed by atoms with Crippen LogP contribution in [0.25, 0.3) is 22.1 Å². The van der Waals surface area contributed by atoms with Gasteiger partial charge in [-0.25, -0.2) is 9.18 Å². The summed E-state index contributed by atoms with van der Waals surface area (Å²) in [4.78, 5) is 11.6. The van der Waals surface area contributed by atoms with Crippen LogP contribution in [0.15, 0.2) is 57.7 Å². The van der Waals surface area contributed by atoms with Crippen LogP contribution in [0.1, 0.15) is 0 Å². The highest BCUT2D eigenvalue weighted by Crippen LogP contribution is 2.28. The Hall–Kier alpha value is -2.13. The van der Waals surface area contributed by atoms with Gasteiger partial charge in [-0.3, -0.25) is 0 Å². The van der Waals surface area contributed by atoms with Crippen LogP contribution >= 0.6 is 11.6 Å². The van der Waals surface area contributed by atoms with Crippen molar-refractivity contribution in [2.24, 2.45) is 0 Å². The zero-order valence-corrected chi connectivity index (χ0v) is 10.4. The van der Waals surface area contributed by atoms with Crippen molar-refractivity contribution in [1.82, 2.24) is 0 Å². The summed E-state index contributed by atoms with van der Waals surface area (Å²) in [7, 11) is 0. The van der Waals surface area contributed by atoms with E-state index < -0.39 is 5.63 Å². The van der Waals surface area contributed by atoms with Gasteiger partial charge < -0.3 is 4.42 Å². The van der Waals surface area contributed by atoms with Crippen molar-refractivity contribution >= 4 is 22.6 Å². The summed E-state index contributed by atoms with van der Waals surface area (Å²) >= 11 is 5.88. The average Bonchev–Trinajstić information content (AvgIpc) is 2.38. The molecule has 0 saturated heterocycles. The molecular weight excluding hydrogens is 267 g/mol. The third kappa shape index (κ3) is 2.25. The van der Waals surface area contributed by atoms with E-state index in [0.29, 0.717) is 16.2 Å². The number of hydrogen-bond donors (Lipinski definition) is 0. The molecule has 0 atom stereocenters. The van der Waals surface area contributed by atoms with E-state index in [9.17, 15) is 9.18 Å². The molecular formula is C15H8ClFO2. The smallest absolute Gasteiger partial charge is 0.336 e. The first-order chi connectivity index (χ1) is 9.13. The summed E-state index contributed by atoms with van der Waals surface area (Å²) < 4.78 is 18.1. The highest BCUT2D eigenvalue weighted by Gasteiger charge is 2.08. The van der Waals surface area contributed by atoms with Gasteiger partial charge >= 0.3 is 5.63 Å². The third-order valence-corrected chi connectivity index (χ3v) is 3.10. The Morgan fingerprint density at radius 1 is 1.00 bits per heavy atom. The maximum Gasteiger partial charge on any atom is 0.336 e. The van der Waals surface area contributed by atoms with Crippen LogP contribution in [0, 0.1) is 5.82 Å². The van der Waals surface area contributed by atoms with E-state index in [1.165, 1.54) is 18.2 Å². The fourth-order valence-electron chi connectivity index (χ4n) is 2.00. The highest BCUT2D eigenvalue weighted by atomic mass is 35.5. The largest absolute Gasteiger partial charge is 0.423 e. The third-order valence-electron chi connectivity index (χ3n) is 2.86. The minimum absolute atomic E-state index is 0.320. The van der Waals surface area contributed by atoms with Crippen molar-refractivity contribution in [1.29, 1.82) is 0 Å². The van der Waals surface area contributed by atoms with E-state index in [2.05, 4.69) is 0 Å². The quantitative estimate of drug-likeness (QED) is 0.621. The van der Waals surface area contributed by atoms with Gasteiger partial charge in [0.1, 0.15) is 11.4 Å². The van der Waals surface area contributed by atoms with Gasteiger partial charge in [-0.2, -0.15) is 0 Å². The van der Waals surface area contributed by atoms with Crippen molar-refractivity contribution < 1.29 is 8.81 Å². The Bertz CT molecular complexity index is 806. The molecule has 3 rings (SSSR count). The molecule has 0 aliphatic rings. The molecule has 2 nitrogen and oxygen atoms in total. The molecule has 2 aromatic carbocycles. The van der Waals surface area contributed by atoms with E-state index >= 15 is 0 Å². The van der Waals surface area contributed by atoms with Gasteiger partial charge in [-0.1, -0.05) is 23.7 Å². The Morgan fingerprint density at radius 3 is 2.47 bits per heavy atom. The van der Waals surface area contributed by atoms with Crippen LogP contribution < -0.4 is 5.63 Å². The molecule has 0 unspecified atom stereocenters. The zero-order chi connectivity index (χ0) is 13.4. The maximum atomic E-state index is 13.0. The lowest BCUT2D eigenvalue weighted by Crippen LogP contribution is -1.98. The molecule has 0 bridgehead atoms. The molecule has 0 radical (unpaired) electrons. The summed E-state index contributed by atoms with van der Waals surface area (Å²) in [6, 6.07) is 12.4. The van der Waals surface area contributed by atoms with E-state index in [1.807, 2.05) is 0 Å². The predicted octanol–water partition coefficient (Wildman–Crippen LogP) is 4.25. The van der Waals surface area contributed by atoms with Crippen molar-refractivity contribution in [3.05, 3.63) is 69.8 Å². The lowest BCUT2D eigenvalue weighted by Gasteiger charge is -2.05. The summed E-state index contributed by atoms with van der Waals surface area (Å²) in [5.41, 5.74) is 1.40. The minimum atomic E-state index is -0.464. The van der Waals surface area contributed by atoms with E-state index in [4.69, 9.17) is 16.0 Å². The number of hydrogen-bond acceptors (Lipinski definition) is 2. The van der Waals surface area contributed by atoms with Crippen LogP contribution in [0.5, 0.6) is 0 Å². The lowest BCUT2D eigenvalue weighted by molar-refractivity contribution is 0.561. The minimum Gasteiger partial charge on any atom is -0.423 e. The first-order valence-corrected chi connectivity index (χ1v) is 6.01. The molecule has 0 N–H and O–H groups in total. The second-order valence-electron chi connectivity index (χ2n) is 4.13. The van der Waals surface area contributed by atoms with Crippen LogP contribution in [0.2, 0.25) is 5.02 Å². The van der Waals surface area contributed by atoms with Crippen molar-refractivity contribution in [2.45, 2.75) is 0 Å². The molecule has 1 heterocycles. The van der Waals surface area contributed by atoms with Gasteiger partial charge in [0.25, 0.3) is 0 Å². The molecule has 0 fully saturated rings. The van der Waals surface area contributed by atoms with Gasteiger partial charge in [-0.15, -0.1) is 0 Å². The molecule has 0 amide bonds. The van der Waals surface area contributed by atoms with Crippen molar-refractivity contribution in [3.8, 4) is 11.1 Å². The molecule has 94 valence electrons. The fourth-order valence-corrected chi connectivity index (χ4v) is 2.17. The Morgan fingerprint density at radius 2 is 1.74 bits per heavy atom. The van der Waals surface area contributed by atoms with Crippen LogP contribution in [-0.4, -0.2) is 0 Å². The topological polar surface area (TPSA) is 30.2 Å². The van der Waals surface area contributed by atoms with Crippen molar-refractivity contribution in [2.75, 3.05) is 0 Å². The van der Waals surface area contributed by atoms with Gasteiger partial charge in [0.05, 0.1) is 0 Å². The normalized spacial score (nSPS) is 10.8. The molecule has 1 aromatic heterocycles. The molecule has 0 spiro atoms. The SMILES string of the molecule is O=c1cc(-c2ccc(F)cc2)c2ccc(Cl)cc2o1. The first-order valence-electron chi connectivity index (χ1n) is 5.63. The summed E-state index contributed by atoms with van der Waals surface area (Å²) in [5, 5.41) is 1.25. The first kappa shape index (κ1) is 11.9. The van der Waals surface area contributed by atoms with E-state index in [-0.39, 0.29) is 5.82 Å². The molecule has 19 heavy (non-hydrogen) atoms. The van der Waals surface area contributed by atoms with E-state index in [0.717, 1.165) is 10.9 Å². The molecule has 0 saturated carbocycles. The Labute approximate surface area is 113 Å². The molecule has 0 aliphatic heterocycles. The van der Waals surface area contributed by atoms with Crippen LogP contribution in [-0.2, 0) is 0 Å². The Balaban J connectivity index is 2.34. The number of benzene rings is 2. The van der Waals surface area contributed by atoms with Gasteiger partial charge in [-0.05, 0) is 35.4 Å². The molecule has 4 heteroatoms. The summed E-state index contributed by atoms with van der Waals surface area (Å²) in [5.74, 6) is -0.320. The van der Waals surface area contributed by atoms with Gasteiger partial charge in [0, 0.05) is 22.5 Å². The van der Waals surface area contributed by atoms with E-state index in [1.54, 1.807) is 30.3 Å². The average molecular weight is 275 g/mol. The van der Waals surface area contributed by atoms with Crippen molar-refractivity contribution in [3.63, 3.8) is 0 Å². The van der Waals surface area contributed by atoms with Crippen LogP contribution in [0.3, 0.4) is 0 Å². The molecule has 0 aliphatic carbocycles. The maximum absolute atomic E-state index is 13.0. The monoisotopic (exact) mass is 274 g/mol. The van der Waals surface area contributed by atoms with Gasteiger partial charge in [0.15, 0.2) is 0 Å². The standard InChI is InChI=1S/C15H8ClFO2/c16-10-3-6-12-13(8-15(18)19-14(12)7-10)9-1-4-11(17)5-2-9/h1-8H. The number of halogens is 2. The van der Waals surface area contributed by atoms with Crippen LogP contribution in [0.4, 0.5) is 4.39 Å². The number of rotatable bonds is 1. The van der Waals surface area contributed by atoms with Gasteiger partial charge in [0.2, 0.25) is 0 Å².